The van der Waals surface area contributed by atoms with E-state index in [0.29, 0.717) is 0 Å². The molecule has 1 saturated heterocycles. The van der Waals surface area contributed by atoms with Crippen LogP contribution in [0.5, 0.6) is 0 Å². The van der Waals surface area contributed by atoms with E-state index in [9.17, 15) is 29.4 Å². The number of rotatable bonds is 8. The number of aromatic nitrogens is 4. The van der Waals surface area contributed by atoms with Crippen LogP contribution >= 0.6 is 0 Å². The van der Waals surface area contributed by atoms with Gasteiger partial charge in [-0.25, -0.2) is 14.3 Å². The third kappa shape index (κ3) is 4.40. The van der Waals surface area contributed by atoms with Crippen molar-refractivity contribution in [3.8, 4) is 12.3 Å². The Balaban J connectivity index is 2.17. The summed E-state index contributed by atoms with van der Waals surface area (Å²) >= 11 is 0. The van der Waals surface area contributed by atoms with Gasteiger partial charge in [0.1, 0.15) is 18.4 Å². The van der Waals surface area contributed by atoms with E-state index >= 15 is 0 Å². The van der Waals surface area contributed by atoms with E-state index in [1.807, 2.05) is 0 Å². The SMILES string of the molecule is C#CCn1c(=O)n([C@@H]2O[C@@H](COC(C)=O)[C@@H](CC(=O)O)[C@H]2CC(=O)O)c2nc(N)ncc21. The molecule has 0 radical (unpaired) electrons. The highest BCUT2D eigenvalue weighted by Crippen LogP contribution is 2.43. The van der Waals surface area contributed by atoms with Gasteiger partial charge in [0.2, 0.25) is 5.95 Å². The Morgan fingerprint density at radius 3 is 2.53 bits per heavy atom. The smallest absolute Gasteiger partial charge is 0.333 e. The fraction of sp³-hybridized carbons (Fsp3) is 0.474. The van der Waals surface area contributed by atoms with E-state index in [-0.39, 0.29) is 30.3 Å². The number of carbonyl (C=O) groups excluding carboxylic acids is 1. The first-order valence-electron chi connectivity index (χ1n) is 9.53. The number of carboxylic acid groups (broad SMARTS) is 2. The van der Waals surface area contributed by atoms with Crippen LogP contribution in [0, 0.1) is 24.2 Å². The third-order valence-electron chi connectivity index (χ3n) is 5.21. The second kappa shape index (κ2) is 9.06. The number of carbonyl (C=O) groups is 3. The summed E-state index contributed by atoms with van der Waals surface area (Å²) in [7, 11) is 0. The van der Waals surface area contributed by atoms with Gasteiger partial charge in [0.25, 0.3) is 0 Å². The first-order valence-corrected chi connectivity index (χ1v) is 9.53. The van der Waals surface area contributed by atoms with Crippen molar-refractivity contribution in [3.63, 3.8) is 0 Å². The number of hydrogen-bond acceptors (Lipinski definition) is 9. The summed E-state index contributed by atoms with van der Waals surface area (Å²) in [5, 5.41) is 18.8. The van der Waals surface area contributed by atoms with E-state index in [2.05, 4.69) is 15.9 Å². The van der Waals surface area contributed by atoms with Crippen molar-refractivity contribution in [2.75, 3.05) is 12.3 Å². The lowest BCUT2D eigenvalue weighted by Gasteiger charge is -2.21. The van der Waals surface area contributed by atoms with Gasteiger partial charge in [-0.15, -0.1) is 6.42 Å². The molecule has 13 nitrogen and oxygen atoms in total. The van der Waals surface area contributed by atoms with Gasteiger partial charge in [-0.05, 0) is 0 Å². The number of carboxylic acids is 2. The van der Waals surface area contributed by atoms with Gasteiger partial charge >= 0.3 is 23.6 Å². The molecule has 1 fully saturated rings. The maximum atomic E-state index is 13.2. The maximum absolute atomic E-state index is 13.2. The largest absolute Gasteiger partial charge is 0.481 e. The molecule has 3 rings (SSSR count). The maximum Gasteiger partial charge on any atom is 0.333 e. The quantitative estimate of drug-likeness (QED) is 0.348. The number of nitrogen functional groups attached to an aromatic ring is 1. The minimum absolute atomic E-state index is 0.0559. The van der Waals surface area contributed by atoms with Crippen LogP contribution in [0.4, 0.5) is 5.95 Å². The Morgan fingerprint density at radius 1 is 1.28 bits per heavy atom. The van der Waals surface area contributed by atoms with Crippen molar-refractivity contribution in [2.45, 2.75) is 38.6 Å². The van der Waals surface area contributed by atoms with Crippen LogP contribution in [0.1, 0.15) is 26.0 Å². The molecule has 0 unspecified atom stereocenters. The lowest BCUT2D eigenvalue weighted by molar-refractivity contribution is -0.147. The molecule has 2 aromatic heterocycles. The van der Waals surface area contributed by atoms with Crippen LogP contribution in [0.15, 0.2) is 11.0 Å². The molecule has 1 aliphatic rings. The molecule has 170 valence electrons. The third-order valence-corrected chi connectivity index (χ3v) is 5.21. The zero-order chi connectivity index (χ0) is 23.6. The van der Waals surface area contributed by atoms with E-state index in [1.165, 1.54) is 17.7 Å². The average molecular weight is 447 g/mol. The zero-order valence-corrected chi connectivity index (χ0v) is 17.0. The van der Waals surface area contributed by atoms with E-state index in [4.69, 9.17) is 21.6 Å². The fourth-order valence-corrected chi connectivity index (χ4v) is 3.97. The Morgan fingerprint density at radius 2 is 1.94 bits per heavy atom. The van der Waals surface area contributed by atoms with Crippen molar-refractivity contribution in [3.05, 3.63) is 16.7 Å². The summed E-state index contributed by atoms with van der Waals surface area (Å²) in [5.41, 5.74) is 5.34. The van der Waals surface area contributed by atoms with Gasteiger partial charge in [-0.3, -0.25) is 19.0 Å². The van der Waals surface area contributed by atoms with Crippen LogP contribution in [-0.2, 0) is 30.4 Å². The normalized spacial score (nSPS) is 22.5. The molecule has 0 aliphatic carbocycles. The highest BCUT2D eigenvalue weighted by atomic mass is 16.6. The molecule has 0 saturated carbocycles. The van der Waals surface area contributed by atoms with Crippen LogP contribution in [-0.4, -0.2) is 59.9 Å². The minimum atomic E-state index is -1.22. The highest BCUT2D eigenvalue weighted by Gasteiger charge is 2.48. The molecule has 0 aromatic carbocycles. The number of esters is 1. The van der Waals surface area contributed by atoms with Gasteiger partial charge in [0, 0.05) is 18.8 Å². The molecular formula is C19H21N5O8. The summed E-state index contributed by atoms with van der Waals surface area (Å²) in [6.07, 6.45) is 3.51. The number of ether oxygens (including phenoxy) is 2. The van der Waals surface area contributed by atoms with Crippen molar-refractivity contribution in [2.24, 2.45) is 11.8 Å². The second-order valence-electron chi connectivity index (χ2n) is 7.27. The topological polar surface area (TPSA) is 189 Å². The number of imidazole rings is 1. The minimum Gasteiger partial charge on any atom is -0.481 e. The molecule has 2 aromatic rings. The molecular weight excluding hydrogens is 426 g/mol. The molecule has 0 amide bonds. The molecule has 4 N–H and O–H groups in total. The van der Waals surface area contributed by atoms with Crippen molar-refractivity contribution in [1.82, 2.24) is 19.1 Å². The predicted molar refractivity (Wildman–Crippen MR) is 107 cm³/mol. The molecule has 3 heterocycles. The lowest BCUT2D eigenvalue weighted by Crippen LogP contribution is -2.32. The molecule has 4 atom stereocenters. The fourth-order valence-electron chi connectivity index (χ4n) is 3.97. The predicted octanol–water partition coefficient (Wildman–Crippen LogP) is -0.549. The first kappa shape index (κ1) is 22.8. The second-order valence-corrected chi connectivity index (χ2v) is 7.27. The monoisotopic (exact) mass is 447 g/mol. The van der Waals surface area contributed by atoms with E-state index in [0.717, 1.165) is 4.57 Å². The summed E-state index contributed by atoms with van der Waals surface area (Å²) in [6, 6.07) is 0. The lowest BCUT2D eigenvalue weighted by atomic mass is 9.84. The van der Waals surface area contributed by atoms with Crippen molar-refractivity contribution < 1.29 is 34.1 Å². The van der Waals surface area contributed by atoms with Crippen LogP contribution in [0.25, 0.3) is 11.2 Å². The molecule has 0 spiro atoms. The zero-order valence-electron chi connectivity index (χ0n) is 17.0. The van der Waals surface area contributed by atoms with Crippen molar-refractivity contribution in [1.29, 1.82) is 0 Å². The Hall–Kier alpha value is -3.92. The molecule has 13 heteroatoms. The number of fused-ring (bicyclic) bond motifs is 1. The van der Waals surface area contributed by atoms with Gasteiger partial charge < -0.3 is 25.4 Å². The van der Waals surface area contributed by atoms with Gasteiger partial charge in [0.05, 0.1) is 31.7 Å². The number of terminal acetylenes is 1. The van der Waals surface area contributed by atoms with Gasteiger partial charge in [-0.1, -0.05) is 5.92 Å². The average Bonchev–Trinajstić information content (AvgIpc) is 3.14. The summed E-state index contributed by atoms with van der Waals surface area (Å²) in [6.45, 7) is 0.737. The number of aliphatic carboxylic acids is 2. The number of nitrogens with two attached hydrogens (primary N) is 1. The summed E-state index contributed by atoms with van der Waals surface area (Å²) in [4.78, 5) is 55.5. The molecule has 32 heavy (non-hydrogen) atoms. The molecule has 1 aliphatic heterocycles. The Bertz CT molecular complexity index is 1160. The Kier molecular flexibility index (Phi) is 6.45. The van der Waals surface area contributed by atoms with Crippen LogP contribution in [0.2, 0.25) is 0 Å². The van der Waals surface area contributed by atoms with Crippen molar-refractivity contribution >= 4 is 35.0 Å². The number of nitrogens with zero attached hydrogens (tertiary/aromatic N) is 4. The van der Waals surface area contributed by atoms with E-state index < -0.39 is 60.6 Å². The first-order chi connectivity index (χ1) is 15.1. The van der Waals surface area contributed by atoms with E-state index in [1.54, 1.807) is 0 Å². The van der Waals surface area contributed by atoms with Crippen LogP contribution in [0.3, 0.4) is 0 Å². The Labute approximate surface area is 180 Å². The van der Waals surface area contributed by atoms with Crippen LogP contribution < -0.4 is 11.4 Å². The van der Waals surface area contributed by atoms with Gasteiger partial charge in [0.15, 0.2) is 5.65 Å². The summed E-state index contributed by atoms with van der Waals surface area (Å²) < 4.78 is 13.2. The number of anilines is 1. The number of hydrogen-bond donors (Lipinski definition) is 3. The van der Waals surface area contributed by atoms with Gasteiger partial charge in [-0.2, -0.15) is 4.98 Å². The highest BCUT2D eigenvalue weighted by molar-refractivity contribution is 5.72. The molecule has 0 bridgehead atoms. The standard InChI is InChI=1S/C19H21N5O8/c1-3-4-23-12-7-21-18(20)22-16(12)24(19(23)30)17-11(6-15(28)29)10(5-14(26)27)13(32-17)8-31-9(2)25/h1,7,10-11,13,17H,4-6,8H2,2H3,(H,26,27)(H,28,29)(H2,20,21,22)/t10-,11+,13-,17+/m0/s1. The summed E-state index contributed by atoms with van der Waals surface area (Å²) in [5.74, 6) is -2.66.